The van der Waals surface area contributed by atoms with E-state index < -0.39 is 0 Å². The first-order valence-electron chi connectivity index (χ1n) is 6.22. The van der Waals surface area contributed by atoms with E-state index in [-0.39, 0.29) is 5.91 Å². The Kier molecular flexibility index (Phi) is 3.34. The summed E-state index contributed by atoms with van der Waals surface area (Å²) in [6, 6.07) is 11.5. The molecule has 3 nitrogen and oxygen atoms in total. The summed E-state index contributed by atoms with van der Waals surface area (Å²) in [6.07, 6.45) is 2.64. The number of nitrogens with zero attached hydrogens (tertiary/aromatic N) is 2. The number of rotatable bonds is 1. The highest BCUT2D eigenvalue weighted by atomic mass is 79.9. The molecule has 96 valence electrons. The van der Waals surface area contributed by atoms with E-state index in [0.717, 1.165) is 34.3 Å². The average molecular weight is 317 g/mol. The van der Waals surface area contributed by atoms with Crippen molar-refractivity contribution in [1.82, 2.24) is 9.88 Å². The van der Waals surface area contributed by atoms with Crippen molar-refractivity contribution in [3.05, 3.63) is 63.9 Å². The van der Waals surface area contributed by atoms with Crippen molar-refractivity contribution in [3.63, 3.8) is 0 Å². The molecule has 3 rings (SSSR count). The summed E-state index contributed by atoms with van der Waals surface area (Å²) in [7, 11) is 0. The Morgan fingerprint density at radius 2 is 2.05 bits per heavy atom. The number of aromatic nitrogens is 1. The minimum Gasteiger partial charge on any atom is -0.334 e. The summed E-state index contributed by atoms with van der Waals surface area (Å²) < 4.78 is 0.844. The summed E-state index contributed by atoms with van der Waals surface area (Å²) in [5.41, 5.74) is 2.97. The highest BCUT2D eigenvalue weighted by Gasteiger charge is 2.23. The Morgan fingerprint density at radius 1 is 1.21 bits per heavy atom. The van der Waals surface area contributed by atoms with E-state index in [4.69, 9.17) is 0 Å². The summed E-state index contributed by atoms with van der Waals surface area (Å²) in [5.74, 6) is 0.0713. The molecule has 2 aromatic rings. The Labute approximate surface area is 120 Å². The van der Waals surface area contributed by atoms with E-state index in [0.29, 0.717) is 6.54 Å². The fraction of sp³-hybridized carbons (Fsp3) is 0.200. The third kappa shape index (κ3) is 2.40. The van der Waals surface area contributed by atoms with Crippen LogP contribution in [0.3, 0.4) is 0 Å². The summed E-state index contributed by atoms with van der Waals surface area (Å²) >= 11 is 3.44. The van der Waals surface area contributed by atoms with Gasteiger partial charge in [-0.05, 0) is 39.7 Å². The molecule has 0 bridgehead atoms. The molecule has 0 unspecified atom stereocenters. The fourth-order valence-electron chi connectivity index (χ4n) is 2.34. The molecule has 0 aliphatic carbocycles. The van der Waals surface area contributed by atoms with Crippen molar-refractivity contribution >= 4 is 21.8 Å². The van der Waals surface area contributed by atoms with Crippen molar-refractivity contribution < 1.29 is 4.79 Å². The number of hydrogen-bond acceptors (Lipinski definition) is 2. The maximum Gasteiger partial charge on any atom is 0.255 e. The Balaban J connectivity index is 1.86. The zero-order valence-electron chi connectivity index (χ0n) is 10.3. The van der Waals surface area contributed by atoms with Crippen LogP contribution in [-0.4, -0.2) is 22.3 Å². The highest BCUT2D eigenvalue weighted by molar-refractivity contribution is 9.10. The highest BCUT2D eigenvalue weighted by Crippen LogP contribution is 2.22. The standard InChI is InChI=1S/C15H13BrN2O/c16-13-6-2-1-5-12(13)15(19)18-9-7-14-11(10-18)4-3-8-17-14/h1-6,8H,7,9-10H2. The summed E-state index contributed by atoms with van der Waals surface area (Å²) in [6.45, 7) is 1.37. The molecule has 0 N–H and O–H groups in total. The molecule has 2 heterocycles. The number of pyridine rings is 1. The first-order chi connectivity index (χ1) is 9.25. The second-order valence-electron chi connectivity index (χ2n) is 4.57. The minimum atomic E-state index is 0.0713. The van der Waals surface area contributed by atoms with Gasteiger partial charge in [-0.1, -0.05) is 18.2 Å². The lowest BCUT2D eigenvalue weighted by Gasteiger charge is -2.28. The molecule has 1 aromatic carbocycles. The third-order valence-electron chi connectivity index (χ3n) is 3.36. The van der Waals surface area contributed by atoms with Crippen LogP contribution in [0.2, 0.25) is 0 Å². The van der Waals surface area contributed by atoms with Crippen LogP contribution in [0.4, 0.5) is 0 Å². The SMILES string of the molecule is O=C(c1ccccc1Br)N1CCc2ncccc2C1. The van der Waals surface area contributed by atoms with Gasteiger partial charge >= 0.3 is 0 Å². The van der Waals surface area contributed by atoms with Crippen LogP contribution in [0, 0.1) is 0 Å². The molecular formula is C15H13BrN2O. The number of carbonyl (C=O) groups is 1. The monoisotopic (exact) mass is 316 g/mol. The van der Waals surface area contributed by atoms with Gasteiger partial charge in [-0.3, -0.25) is 9.78 Å². The molecule has 0 saturated carbocycles. The molecule has 0 saturated heterocycles. The van der Waals surface area contributed by atoms with Crippen molar-refractivity contribution in [1.29, 1.82) is 0 Å². The third-order valence-corrected chi connectivity index (χ3v) is 4.05. The molecule has 4 heteroatoms. The first-order valence-corrected chi connectivity index (χ1v) is 7.01. The second-order valence-corrected chi connectivity index (χ2v) is 5.42. The second kappa shape index (κ2) is 5.13. The maximum absolute atomic E-state index is 12.5. The van der Waals surface area contributed by atoms with E-state index >= 15 is 0 Å². The van der Waals surface area contributed by atoms with Gasteiger partial charge in [0.05, 0.1) is 5.56 Å². The molecule has 19 heavy (non-hydrogen) atoms. The molecule has 0 radical (unpaired) electrons. The number of benzene rings is 1. The molecule has 1 aromatic heterocycles. The van der Waals surface area contributed by atoms with Gasteiger partial charge in [0, 0.05) is 35.9 Å². The van der Waals surface area contributed by atoms with Crippen LogP contribution in [0.1, 0.15) is 21.6 Å². The first kappa shape index (κ1) is 12.4. The number of hydrogen-bond donors (Lipinski definition) is 0. The van der Waals surface area contributed by atoms with E-state index in [9.17, 15) is 4.79 Å². The topological polar surface area (TPSA) is 33.2 Å². The van der Waals surface area contributed by atoms with Crippen LogP contribution in [-0.2, 0) is 13.0 Å². The predicted molar refractivity (Wildman–Crippen MR) is 76.8 cm³/mol. The van der Waals surface area contributed by atoms with E-state index in [1.165, 1.54) is 0 Å². The van der Waals surface area contributed by atoms with Gasteiger partial charge in [0.15, 0.2) is 0 Å². The van der Waals surface area contributed by atoms with Crippen LogP contribution < -0.4 is 0 Å². The van der Waals surface area contributed by atoms with Crippen molar-refractivity contribution in [2.45, 2.75) is 13.0 Å². The number of fused-ring (bicyclic) bond motifs is 1. The summed E-state index contributed by atoms with van der Waals surface area (Å²) in [5, 5.41) is 0. The van der Waals surface area contributed by atoms with Crippen molar-refractivity contribution in [3.8, 4) is 0 Å². The van der Waals surface area contributed by atoms with Crippen LogP contribution in [0.15, 0.2) is 47.1 Å². The van der Waals surface area contributed by atoms with Crippen molar-refractivity contribution in [2.24, 2.45) is 0 Å². The molecular weight excluding hydrogens is 304 g/mol. The zero-order chi connectivity index (χ0) is 13.2. The molecule has 1 aliphatic rings. The normalized spacial score (nSPS) is 14.1. The Morgan fingerprint density at radius 3 is 2.89 bits per heavy atom. The van der Waals surface area contributed by atoms with Crippen molar-refractivity contribution in [2.75, 3.05) is 6.54 Å². The largest absolute Gasteiger partial charge is 0.334 e. The quantitative estimate of drug-likeness (QED) is 0.810. The van der Waals surface area contributed by atoms with Gasteiger partial charge in [0.25, 0.3) is 5.91 Å². The van der Waals surface area contributed by atoms with E-state index in [2.05, 4.69) is 20.9 Å². The predicted octanol–water partition coefficient (Wildman–Crippen LogP) is 3.04. The lowest BCUT2D eigenvalue weighted by molar-refractivity contribution is 0.0732. The van der Waals surface area contributed by atoms with Gasteiger partial charge in [-0.2, -0.15) is 0 Å². The number of amides is 1. The lowest BCUT2D eigenvalue weighted by atomic mass is 10.0. The Hall–Kier alpha value is -1.68. The molecule has 0 fully saturated rings. The summed E-state index contributed by atoms with van der Waals surface area (Å²) in [4.78, 5) is 18.7. The van der Waals surface area contributed by atoms with Gasteiger partial charge < -0.3 is 4.90 Å². The van der Waals surface area contributed by atoms with Gasteiger partial charge in [0.1, 0.15) is 0 Å². The number of carbonyl (C=O) groups excluding carboxylic acids is 1. The average Bonchev–Trinajstić information content (AvgIpc) is 2.46. The molecule has 0 spiro atoms. The molecule has 0 atom stereocenters. The lowest BCUT2D eigenvalue weighted by Crippen LogP contribution is -2.36. The van der Waals surface area contributed by atoms with Gasteiger partial charge in [-0.25, -0.2) is 0 Å². The zero-order valence-corrected chi connectivity index (χ0v) is 11.9. The minimum absolute atomic E-state index is 0.0713. The van der Waals surface area contributed by atoms with Crippen LogP contribution in [0.5, 0.6) is 0 Å². The maximum atomic E-state index is 12.5. The van der Waals surface area contributed by atoms with Gasteiger partial charge in [-0.15, -0.1) is 0 Å². The fourth-order valence-corrected chi connectivity index (χ4v) is 2.80. The number of halogens is 1. The van der Waals surface area contributed by atoms with E-state index in [1.54, 1.807) is 0 Å². The Bertz CT molecular complexity index is 627. The molecule has 1 aliphatic heterocycles. The van der Waals surface area contributed by atoms with Crippen LogP contribution in [0.25, 0.3) is 0 Å². The van der Waals surface area contributed by atoms with E-state index in [1.807, 2.05) is 47.5 Å². The smallest absolute Gasteiger partial charge is 0.255 e. The van der Waals surface area contributed by atoms with Crippen LogP contribution >= 0.6 is 15.9 Å². The van der Waals surface area contributed by atoms with Gasteiger partial charge in [0.2, 0.25) is 0 Å². The molecule has 1 amide bonds.